The first-order valence-electron chi connectivity index (χ1n) is 4.85. The Morgan fingerprint density at radius 2 is 2.08 bits per heavy atom. The van der Waals surface area contributed by atoms with Crippen molar-refractivity contribution in [2.75, 3.05) is 7.11 Å². The lowest BCUT2D eigenvalue weighted by molar-refractivity contribution is -0.150. The predicted molar refractivity (Wildman–Crippen MR) is 49.4 cm³/mol. The van der Waals surface area contributed by atoms with Gasteiger partial charge in [-0.1, -0.05) is 0 Å². The molecule has 1 atom stereocenters. The van der Waals surface area contributed by atoms with E-state index in [0.29, 0.717) is 12.3 Å². The quantitative estimate of drug-likeness (QED) is 0.614. The summed E-state index contributed by atoms with van der Waals surface area (Å²) >= 11 is 0. The zero-order chi connectivity index (χ0) is 9.84. The fourth-order valence-corrected chi connectivity index (χ4v) is 1.39. The first-order valence-corrected chi connectivity index (χ1v) is 4.85. The van der Waals surface area contributed by atoms with Crippen molar-refractivity contribution >= 4 is 5.97 Å². The Balaban J connectivity index is 2.24. The van der Waals surface area contributed by atoms with E-state index in [-0.39, 0.29) is 18.2 Å². The van der Waals surface area contributed by atoms with E-state index in [2.05, 4.69) is 0 Å². The van der Waals surface area contributed by atoms with E-state index in [9.17, 15) is 4.79 Å². The monoisotopic (exact) mass is 186 g/mol. The number of carbonyl (C=O) groups is 1. The molecular weight excluding hydrogens is 168 g/mol. The van der Waals surface area contributed by atoms with Crippen molar-refractivity contribution in [3.63, 3.8) is 0 Å². The highest BCUT2D eigenvalue weighted by Crippen LogP contribution is 2.35. The molecule has 0 bridgehead atoms. The number of hydrogen-bond donors (Lipinski definition) is 0. The summed E-state index contributed by atoms with van der Waals surface area (Å²) in [5, 5.41) is 0. The number of hydrogen-bond acceptors (Lipinski definition) is 3. The van der Waals surface area contributed by atoms with Gasteiger partial charge in [0.05, 0.1) is 18.6 Å². The van der Waals surface area contributed by atoms with Gasteiger partial charge in [0.25, 0.3) is 0 Å². The van der Waals surface area contributed by atoms with Gasteiger partial charge in [-0.2, -0.15) is 0 Å². The zero-order valence-electron chi connectivity index (χ0n) is 8.58. The Labute approximate surface area is 79.4 Å². The van der Waals surface area contributed by atoms with Crippen molar-refractivity contribution in [2.45, 2.75) is 45.3 Å². The average Bonchev–Trinajstić information content (AvgIpc) is 2.81. The van der Waals surface area contributed by atoms with Crippen LogP contribution in [0.15, 0.2) is 0 Å². The summed E-state index contributed by atoms with van der Waals surface area (Å²) in [4.78, 5) is 11.3. The van der Waals surface area contributed by atoms with E-state index in [1.165, 1.54) is 12.8 Å². The van der Waals surface area contributed by atoms with Gasteiger partial charge in [-0.3, -0.25) is 4.79 Å². The lowest BCUT2D eigenvalue weighted by Gasteiger charge is -2.14. The standard InChI is InChI=1S/C10H18O3/c1-7(2)13-10(11)6-9(12-3)8-4-5-8/h7-9H,4-6H2,1-3H3. The summed E-state index contributed by atoms with van der Waals surface area (Å²) in [5.41, 5.74) is 0. The molecule has 0 amide bonds. The Morgan fingerprint density at radius 1 is 1.46 bits per heavy atom. The molecule has 1 rings (SSSR count). The van der Waals surface area contributed by atoms with Crippen LogP contribution in [0.1, 0.15) is 33.1 Å². The van der Waals surface area contributed by atoms with E-state index < -0.39 is 0 Å². The van der Waals surface area contributed by atoms with E-state index in [1.807, 2.05) is 13.8 Å². The van der Waals surface area contributed by atoms with Gasteiger partial charge >= 0.3 is 5.97 Å². The maximum atomic E-state index is 11.3. The van der Waals surface area contributed by atoms with Gasteiger partial charge in [-0.25, -0.2) is 0 Å². The van der Waals surface area contributed by atoms with Crippen molar-refractivity contribution in [1.82, 2.24) is 0 Å². The molecule has 3 heteroatoms. The van der Waals surface area contributed by atoms with E-state index in [1.54, 1.807) is 7.11 Å². The highest BCUT2D eigenvalue weighted by molar-refractivity contribution is 5.70. The first-order chi connectivity index (χ1) is 6.13. The highest BCUT2D eigenvalue weighted by atomic mass is 16.5. The van der Waals surface area contributed by atoms with Crippen LogP contribution in [0.25, 0.3) is 0 Å². The van der Waals surface area contributed by atoms with E-state index >= 15 is 0 Å². The fraction of sp³-hybridized carbons (Fsp3) is 0.900. The second-order valence-electron chi connectivity index (χ2n) is 3.85. The molecule has 0 aromatic rings. The third-order valence-corrected chi connectivity index (χ3v) is 2.19. The van der Waals surface area contributed by atoms with Crippen molar-refractivity contribution in [2.24, 2.45) is 5.92 Å². The third-order valence-electron chi connectivity index (χ3n) is 2.19. The van der Waals surface area contributed by atoms with Crippen LogP contribution in [0, 0.1) is 5.92 Å². The molecule has 13 heavy (non-hydrogen) atoms. The van der Waals surface area contributed by atoms with Gasteiger partial charge in [0.2, 0.25) is 0 Å². The Kier molecular flexibility index (Phi) is 3.72. The molecule has 1 fully saturated rings. The van der Waals surface area contributed by atoms with Crippen LogP contribution in [0.3, 0.4) is 0 Å². The van der Waals surface area contributed by atoms with Gasteiger partial charge < -0.3 is 9.47 Å². The fourth-order valence-electron chi connectivity index (χ4n) is 1.39. The Hall–Kier alpha value is -0.570. The minimum Gasteiger partial charge on any atom is -0.463 e. The number of ether oxygens (including phenoxy) is 2. The van der Waals surface area contributed by atoms with Crippen LogP contribution < -0.4 is 0 Å². The van der Waals surface area contributed by atoms with Crippen molar-refractivity contribution in [1.29, 1.82) is 0 Å². The molecule has 3 nitrogen and oxygen atoms in total. The maximum Gasteiger partial charge on any atom is 0.308 e. The smallest absolute Gasteiger partial charge is 0.308 e. The molecule has 0 heterocycles. The van der Waals surface area contributed by atoms with Crippen molar-refractivity contribution in [3.8, 4) is 0 Å². The Morgan fingerprint density at radius 3 is 2.46 bits per heavy atom. The van der Waals surface area contributed by atoms with Gasteiger partial charge in [-0.05, 0) is 32.6 Å². The molecular formula is C10H18O3. The van der Waals surface area contributed by atoms with Crippen LogP contribution in [0.2, 0.25) is 0 Å². The second kappa shape index (κ2) is 4.61. The largest absolute Gasteiger partial charge is 0.463 e. The normalized spacial score (nSPS) is 18.8. The van der Waals surface area contributed by atoms with Gasteiger partial charge in [0.1, 0.15) is 0 Å². The molecule has 0 aromatic carbocycles. The predicted octanol–water partition coefficient (Wildman–Crippen LogP) is 1.75. The molecule has 0 aromatic heterocycles. The minimum absolute atomic E-state index is 0.0239. The number of methoxy groups -OCH3 is 1. The van der Waals surface area contributed by atoms with Crippen LogP contribution in [0.5, 0.6) is 0 Å². The summed E-state index contributed by atoms with van der Waals surface area (Å²) in [6.07, 6.45) is 2.83. The number of rotatable bonds is 5. The van der Waals surface area contributed by atoms with Gasteiger partial charge in [0, 0.05) is 7.11 Å². The van der Waals surface area contributed by atoms with Crippen LogP contribution >= 0.6 is 0 Å². The third kappa shape index (κ3) is 3.77. The lowest BCUT2D eigenvalue weighted by atomic mass is 10.1. The minimum atomic E-state index is -0.145. The molecule has 76 valence electrons. The average molecular weight is 186 g/mol. The molecule has 0 aliphatic heterocycles. The van der Waals surface area contributed by atoms with Crippen LogP contribution in [-0.2, 0) is 14.3 Å². The maximum absolute atomic E-state index is 11.3. The summed E-state index contributed by atoms with van der Waals surface area (Å²) in [6, 6.07) is 0. The molecule has 0 spiro atoms. The SMILES string of the molecule is COC(CC(=O)OC(C)C)C1CC1. The molecule has 0 N–H and O–H groups in total. The summed E-state index contributed by atoms with van der Waals surface area (Å²) < 4.78 is 10.3. The van der Waals surface area contributed by atoms with Crippen molar-refractivity contribution < 1.29 is 14.3 Å². The summed E-state index contributed by atoms with van der Waals surface area (Å²) in [7, 11) is 1.66. The van der Waals surface area contributed by atoms with Gasteiger partial charge in [-0.15, -0.1) is 0 Å². The number of carbonyl (C=O) groups excluding carboxylic acids is 1. The van der Waals surface area contributed by atoms with Crippen LogP contribution in [0.4, 0.5) is 0 Å². The van der Waals surface area contributed by atoms with Crippen LogP contribution in [-0.4, -0.2) is 25.3 Å². The molecule has 1 unspecified atom stereocenters. The van der Waals surface area contributed by atoms with E-state index in [0.717, 1.165) is 0 Å². The molecule has 0 saturated heterocycles. The highest BCUT2D eigenvalue weighted by Gasteiger charge is 2.33. The van der Waals surface area contributed by atoms with Crippen molar-refractivity contribution in [3.05, 3.63) is 0 Å². The molecule has 1 aliphatic carbocycles. The summed E-state index contributed by atoms with van der Waals surface area (Å²) in [6.45, 7) is 3.72. The molecule has 1 aliphatic rings. The molecule has 1 saturated carbocycles. The Bertz CT molecular complexity index is 173. The first kappa shape index (κ1) is 10.5. The number of esters is 1. The van der Waals surface area contributed by atoms with Gasteiger partial charge in [0.15, 0.2) is 0 Å². The lowest BCUT2D eigenvalue weighted by Crippen LogP contribution is -2.21. The summed E-state index contributed by atoms with van der Waals surface area (Å²) in [5.74, 6) is 0.443. The topological polar surface area (TPSA) is 35.5 Å². The zero-order valence-corrected chi connectivity index (χ0v) is 8.58. The van der Waals surface area contributed by atoms with E-state index in [4.69, 9.17) is 9.47 Å². The molecule has 0 radical (unpaired) electrons. The second-order valence-corrected chi connectivity index (χ2v) is 3.85.